The van der Waals surface area contributed by atoms with E-state index in [2.05, 4.69) is 31.2 Å². The summed E-state index contributed by atoms with van der Waals surface area (Å²) >= 11 is 9.32. The van der Waals surface area contributed by atoms with Gasteiger partial charge < -0.3 is 5.32 Å². The lowest BCUT2D eigenvalue weighted by atomic mass is 10.1. The van der Waals surface area contributed by atoms with Crippen LogP contribution in [0, 0.1) is 10.1 Å². The van der Waals surface area contributed by atoms with E-state index in [0.29, 0.717) is 23.3 Å². The molecule has 0 unspecified atom stereocenters. The zero-order valence-corrected chi connectivity index (χ0v) is 14.7. The molecule has 8 heteroatoms. The summed E-state index contributed by atoms with van der Waals surface area (Å²) in [5.41, 5.74) is 1.58. The second-order valence-electron chi connectivity index (χ2n) is 5.10. The summed E-state index contributed by atoms with van der Waals surface area (Å²) < 4.78 is 1.03. The first-order chi connectivity index (χ1) is 11.5. The van der Waals surface area contributed by atoms with E-state index in [1.807, 2.05) is 24.3 Å². The molecular formula is C16H12BrClN4O2. The minimum Gasteiger partial charge on any atom is -0.369 e. The van der Waals surface area contributed by atoms with Crippen LogP contribution in [-0.4, -0.2) is 21.4 Å². The molecule has 0 atom stereocenters. The van der Waals surface area contributed by atoms with Crippen LogP contribution in [0.4, 0.5) is 11.5 Å². The lowest BCUT2D eigenvalue weighted by Gasteiger charge is -2.09. The number of nitro groups is 1. The average molecular weight is 408 g/mol. The monoisotopic (exact) mass is 406 g/mol. The van der Waals surface area contributed by atoms with Crippen LogP contribution in [0.25, 0.3) is 10.9 Å². The van der Waals surface area contributed by atoms with Gasteiger partial charge in [-0.2, -0.15) is 0 Å². The van der Waals surface area contributed by atoms with Crippen molar-refractivity contribution in [2.24, 2.45) is 0 Å². The van der Waals surface area contributed by atoms with Crippen LogP contribution in [0.2, 0.25) is 5.02 Å². The van der Waals surface area contributed by atoms with Crippen molar-refractivity contribution in [1.29, 1.82) is 0 Å². The van der Waals surface area contributed by atoms with Gasteiger partial charge in [0.2, 0.25) is 0 Å². The zero-order chi connectivity index (χ0) is 17.1. The van der Waals surface area contributed by atoms with Crippen molar-refractivity contribution in [3.05, 3.63) is 67.9 Å². The van der Waals surface area contributed by atoms with E-state index in [1.165, 1.54) is 24.0 Å². The normalized spacial score (nSPS) is 10.8. The number of hydrogen-bond acceptors (Lipinski definition) is 5. The molecule has 0 radical (unpaired) electrons. The van der Waals surface area contributed by atoms with Gasteiger partial charge in [-0.15, -0.1) is 0 Å². The number of benzene rings is 2. The summed E-state index contributed by atoms with van der Waals surface area (Å²) in [4.78, 5) is 18.8. The Hall–Kier alpha value is -2.25. The molecule has 0 aliphatic rings. The van der Waals surface area contributed by atoms with E-state index in [0.717, 1.165) is 10.9 Å². The third-order valence-electron chi connectivity index (χ3n) is 3.52. The van der Waals surface area contributed by atoms with Gasteiger partial charge in [-0.3, -0.25) is 10.1 Å². The molecule has 3 aromatic rings. The zero-order valence-electron chi connectivity index (χ0n) is 12.4. The van der Waals surface area contributed by atoms with E-state index < -0.39 is 4.92 Å². The highest BCUT2D eigenvalue weighted by molar-refractivity contribution is 9.10. The molecule has 2 aromatic carbocycles. The first kappa shape index (κ1) is 16.6. The minimum atomic E-state index is -0.514. The molecule has 24 heavy (non-hydrogen) atoms. The van der Waals surface area contributed by atoms with Crippen LogP contribution in [-0.2, 0) is 6.42 Å². The van der Waals surface area contributed by atoms with Gasteiger partial charge in [0.05, 0.1) is 10.4 Å². The second kappa shape index (κ2) is 7.11. The fourth-order valence-corrected chi connectivity index (χ4v) is 2.81. The number of fused-ring (bicyclic) bond motifs is 1. The fourth-order valence-electron chi connectivity index (χ4n) is 2.32. The van der Waals surface area contributed by atoms with Crippen molar-refractivity contribution >= 4 is 49.9 Å². The molecule has 0 saturated heterocycles. The highest BCUT2D eigenvalue weighted by atomic mass is 79.9. The molecule has 0 aliphatic carbocycles. The van der Waals surface area contributed by atoms with Gasteiger partial charge in [-0.05, 0) is 30.2 Å². The van der Waals surface area contributed by atoms with E-state index in [-0.39, 0.29) is 10.7 Å². The van der Waals surface area contributed by atoms with Crippen LogP contribution >= 0.6 is 27.5 Å². The third kappa shape index (κ3) is 3.63. The maximum absolute atomic E-state index is 11.1. The number of anilines is 1. The molecule has 1 aromatic heterocycles. The summed E-state index contributed by atoms with van der Waals surface area (Å²) in [5.74, 6) is 0.553. The standard InChI is InChI=1S/C16H12BrClN4O2/c17-11-3-1-10(2-4-11)5-6-19-16-12-7-15(22(23)24)13(18)8-14(12)20-9-21-16/h1-4,7-9H,5-6H2,(H,19,20,21). The molecule has 1 N–H and O–H groups in total. The van der Waals surface area contributed by atoms with E-state index >= 15 is 0 Å². The largest absolute Gasteiger partial charge is 0.369 e. The highest BCUT2D eigenvalue weighted by Gasteiger charge is 2.16. The quantitative estimate of drug-likeness (QED) is 0.493. The summed E-state index contributed by atoms with van der Waals surface area (Å²) in [5, 5.41) is 14.9. The third-order valence-corrected chi connectivity index (χ3v) is 4.35. The Morgan fingerprint density at radius 1 is 1.21 bits per heavy atom. The maximum atomic E-state index is 11.1. The van der Waals surface area contributed by atoms with Gasteiger partial charge in [0.25, 0.3) is 5.69 Å². The van der Waals surface area contributed by atoms with Crippen molar-refractivity contribution in [1.82, 2.24) is 9.97 Å². The number of aromatic nitrogens is 2. The lowest BCUT2D eigenvalue weighted by Crippen LogP contribution is -2.07. The Bertz CT molecular complexity index is 902. The van der Waals surface area contributed by atoms with Crippen LogP contribution in [0.1, 0.15) is 5.56 Å². The summed E-state index contributed by atoms with van der Waals surface area (Å²) in [6, 6.07) is 10.9. The van der Waals surface area contributed by atoms with E-state index in [1.54, 1.807) is 0 Å². The minimum absolute atomic E-state index is 0.0620. The van der Waals surface area contributed by atoms with Crippen molar-refractivity contribution in [3.8, 4) is 0 Å². The molecule has 122 valence electrons. The number of nitrogens with zero attached hydrogens (tertiary/aromatic N) is 3. The Balaban J connectivity index is 1.82. The molecular weight excluding hydrogens is 396 g/mol. The summed E-state index contributed by atoms with van der Waals surface area (Å²) in [7, 11) is 0. The van der Waals surface area contributed by atoms with Crippen LogP contribution in [0.15, 0.2) is 47.2 Å². The van der Waals surface area contributed by atoms with Crippen molar-refractivity contribution in [2.75, 3.05) is 11.9 Å². The Morgan fingerprint density at radius 3 is 2.67 bits per heavy atom. The molecule has 0 fully saturated rings. The smallest absolute Gasteiger partial charge is 0.288 e. The Labute approximate surface area is 151 Å². The van der Waals surface area contributed by atoms with Crippen molar-refractivity contribution in [3.63, 3.8) is 0 Å². The summed E-state index contributed by atoms with van der Waals surface area (Å²) in [6.45, 7) is 0.643. The predicted molar refractivity (Wildman–Crippen MR) is 97.5 cm³/mol. The van der Waals surface area contributed by atoms with Gasteiger partial charge >= 0.3 is 0 Å². The molecule has 3 rings (SSSR count). The Kier molecular flexibility index (Phi) is 4.92. The number of nitro benzene ring substituents is 1. The van der Waals surface area contributed by atoms with Gasteiger partial charge in [0, 0.05) is 22.5 Å². The topological polar surface area (TPSA) is 81.0 Å². The van der Waals surface area contributed by atoms with Gasteiger partial charge in [-0.1, -0.05) is 39.7 Å². The fraction of sp³-hybridized carbons (Fsp3) is 0.125. The molecule has 0 bridgehead atoms. The molecule has 0 amide bonds. The van der Waals surface area contributed by atoms with Crippen LogP contribution in [0.3, 0.4) is 0 Å². The lowest BCUT2D eigenvalue weighted by molar-refractivity contribution is -0.384. The summed E-state index contributed by atoms with van der Waals surface area (Å²) in [6.07, 6.45) is 2.21. The number of hydrogen-bond donors (Lipinski definition) is 1. The van der Waals surface area contributed by atoms with Crippen molar-refractivity contribution in [2.45, 2.75) is 6.42 Å². The van der Waals surface area contributed by atoms with Gasteiger partial charge in [0.15, 0.2) is 0 Å². The molecule has 0 aliphatic heterocycles. The number of rotatable bonds is 5. The van der Waals surface area contributed by atoms with Crippen LogP contribution < -0.4 is 5.32 Å². The number of nitrogens with one attached hydrogen (secondary N) is 1. The first-order valence-corrected chi connectivity index (χ1v) is 8.28. The molecule has 6 nitrogen and oxygen atoms in total. The maximum Gasteiger partial charge on any atom is 0.288 e. The van der Waals surface area contributed by atoms with Gasteiger partial charge in [0.1, 0.15) is 17.2 Å². The average Bonchev–Trinajstić information content (AvgIpc) is 2.56. The SMILES string of the molecule is O=[N+]([O-])c1cc2c(NCCc3ccc(Br)cc3)ncnc2cc1Cl. The highest BCUT2D eigenvalue weighted by Crippen LogP contribution is 2.31. The molecule has 1 heterocycles. The molecule has 0 spiro atoms. The Morgan fingerprint density at radius 2 is 1.96 bits per heavy atom. The van der Waals surface area contributed by atoms with Crippen molar-refractivity contribution < 1.29 is 4.92 Å². The second-order valence-corrected chi connectivity index (χ2v) is 6.43. The first-order valence-electron chi connectivity index (χ1n) is 7.11. The number of halogens is 2. The predicted octanol–water partition coefficient (Wildman–Crippen LogP) is 4.61. The van der Waals surface area contributed by atoms with Crippen LogP contribution in [0.5, 0.6) is 0 Å². The van der Waals surface area contributed by atoms with E-state index in [9.17, 15) is 10.1 Å². The van der Waals surface area contributed by atoms with E-state index in [4.69, 9.17) is 11.6 Å². The molecule has 0 saturated carbocycles. The van der Waals surface area contributed by atoms with Gasteiger partial charge in [-0.25, -0.2) is 9.97 Å².